The number of amides is 1. The Hall–Kier alpha value is -1.07. The topological polar surface area (TPSA) is 32.3 Å². The number of carbonyl (C=O) groups excluding carboxylic acids is 1. The van der Waals surface area contributed by atoms with Crippen LogP contribution in [-0.2, 0) is 0 Å². The summed E-state index contributed by atoms with van der Waals surface area (Å²) in [6, 6.07) is 9.63. The third-order valence-corrected chi connectivity index (χ3v) is 5.78. The van der Waals surface area contributed by atoms with E-state index in [1.165, 1.54) is 11.3 Å². The molecular weight excluding hydrogens is 339 g/mol. The molecule has 2 aromatic rings. The van der Waals surface area contributed by atoms with Crippen molar-refractivity contribution in [3.63, 3.8) is 0 Å². The molecule has 1 fully saturated rings. The van der Waals surface area contributed by atoms with Crippen LogP contribution in [-0.4, -0.2) is 37.0 Å². The average molecular weight is 355 g/mol. The van der Waals surface area contributed by atoms with Gasteiger partial charge in [0.15, 0.2) is 0 Å². The average Bonchev–Trinajstić information content (AvgIpc) is 3.19. The predicted octanol–water partition coefficient (Wildman–Crippen LogP) is 4.16. The number of thiophene rings is 1. The van der Waals surface area contributed by atoms with Gasteiger partial charge in [-0.3, -0.25) is 4.79 Å². The molecule has 1 aliphatic rings. The highest BCUT2D eigenvalue weighted by Crippen LogP contribution is 2.33. The molecule has 22 heavy (non-hydrogen) atoms. The molecule has 1 N–H and O–H groups in total. The van der Waals surface area contributed by atoms with Crippen molar-refractivity contribution in [2.75, 3.05) is 20.1 Å². The zero-order valence-electron chi connectivity index (χ0n) is 12.1. The Morgan fingerprint density at radius 2 is 2.09 bits per heavy atom. The molecule has 6 heteroatoms. The molecule has 0 radical (unpaired) electrons. The smallest absolute Gasteiger partial charge is 0.263 e. The first-order chi connectivity index (χ1) is 10.6. The van der Waals surface area contributed by atoms with Crippen LogP contribution in [0.2, 0.25) is 10.0 Å². The molecule has 1 atom stereocenters. The second kappa shape index (κ2) is 6.59. The maximum atomic E-state index is 12.6. The molecule has 0 bridgehead atoms. The number of hydrogen-bond acceptors (Lipinski definition) is 3. The van der Waals surface area contributed by atoms with Crippen molar-refractivity contribution in [2.24, 2.45) is 0 Å². The van der Waals surface area contributed by atoms with Gasteiger partial charge in [-0.25, -0.2) is 0 Å². The minimum absolute atomic E-state index is 0.0741. The van der Waals surface area contributed by atoms with E-state index in [1.807, 2.05) is 36.2 Å². The van der Waals surface area contributed by atoms with Gasteiger partial charge in [0.2, 0.25) is 0 Å². The fourth-order valence-corrected chi connectivity index (χ4v) is 3.85. The molecule has 1 amide bonds. The summed E-state index contributed by atoms with van der Waals surface area (Å²) in [5.41, 5.74) is 0.976. The molecule has 1 saturated heterocycles. The van der Waals surface area contributed by atoms with E-state index in [-0.39, 0.29) is 11.9 Å². The molecule has 0 aliphatic carbocycles. The van der Waals surface area contributed by atoms with Crippen LogP contribution in [0.4, 0.5) is 0 Å². The SMILES string of the molecule is CN(C(=O)c1ccc(-c2ccc(Cl)c(Cl)c2)s1)C1CCNC1. The van der Waals surface area contributed by atoms with E-state index in [0.29, 0.717) is 10.0 Å². The summed E-state index contributed by atoms with van der Waals surface area (Å²) in [6.07, 6.45) is 1.01. The highest BCUT2D eigenvalue weighted by atomic mass is 35.5. The number of carbonyl (C=O) groups is 1. The summed E-state index contributed by atoms with van der Waals surface area (Å²) >= 11 is 13.5. The Balaban J connectivity index is 1.80. The lowest BCUT2D eigenvalue weighted by molar-refractivity contribution is 0.0748. The first-order valence-electron chi connectivity index (χ1n) is 7.09. The Bertz CT molecular complexity index is 695. The van der Waals surface area contributed by atoms with Gasteiger partial charge in [-0.05, 0) is 42.8 Å². The number of nitrogens with zero attached hydrogens (tertiary/aromatic N) is 1. The zero-order chi connectivity index (χ0) is 15.7. The van der Waals surface area contributed by atoms with Gasteiger partial charge in [0.25, 0.3) is 5.91 Å². The van der Waals surface area contributed by atoms with Crippen LogP contribution in [0, 0.1) is 0 Å². The molecule has 2 heterocycles. The molecule has 3 nitrogen and oxygen atoms in total. The number of rotatable bonds is 3. The van der Waals surface area contributed by atoms with Crippen molar-refractivity contribution in [1.82, 2.24) is 10.2 Å². The van der Waals surface area contributed by atoms with E-state index in [1.54, 1.807) is 6.07 Å². The van der Waals surface area contributed by atoms with Gasteiger partial charge >= 0.3 is 0 Å². The highest BCUT2D eigenvalue weighted by Gasteiger charge is 2.25. The molecular formula is C16H16Cl2N2OS. The Morgan fingerprint density at radius 3 is 2.77 bits per heavy atom. The summed E-state index contributed by atoms with van der Waals surface area (Å²) in [7, 11) is 1.87. The van der Waals surface area contributed by atoms with Gasteiger partial charge < -0.3 is 10.2 Å². The molecule has 1 aliphatic heterocycles. The van der Waals surface area contributed by atoms with E-state index in [0.717, 1.165) is 34.8 Å². The fourth-order valence-electron chi connectivity index (χ4n) is 2.57. The number of benzene rings is 1. The maximum absolute atomic E-state index is 12.6. The molecule has 116 valence electrons. The lowest BCUT2D eigenvalue weighted by Gasteiger charge is -2.23. The first kappa shape index (κ1) is 15.8. The molecule has 0 saturated carbocycles. The third kappa shape index (κ3) is 3.15. The van der Waals surface area contributed by atoms with Crippen molar-refractivity contribution in [1.29, 1.82) is 0 Å². The maximum Gasteiger partial charge on any atom is 0.263 e. The largest absolute Gasteiger partial charge is 0.337 e. The van der Waals surface area contributed by atoms with Crippen molar-refractivity contribution in [2.45, 2.75) is 12.5 Å². The molecule has 1 unspecified atom stereocenters. The molecule has 1 aromatic heterocycles. The zero-order valence-corrected chi connectivity index (χ0v) is 14.4. The standard InChI is InChI=1S/C16H16Cl2N2OS/c1-20(11-6-7-19-9-11)16(21)15-5-4-14(22-15)10-2-3-12(17)13(18)8-10/h2-5,8,11,19H,6-7,9H2,1H3. The summed E-state index contributed by atoms with van der Waals surface area (Å²) < 4.78 is 0. The summed E-state index contributed by atoms with van der Waals surface area (Å²) in [5, 5.41) is 4.34. The predicted molar refractivity (Wildman–Crippen MR) is 93.1 cm³/mol. The summed E-state index contributed by atoms with van der Waals surface area (Å²) in [5.74, 6) is 0.0741. The highest BCUT2D eigenvalue weighted by molar-refractivity contribution is 7.17. The van der Waals surface area contributed by atoms with E-state index in [9.17, 15) is 4.79 Å². The number of hydrogen-bond donors (Lipinski definition) is 1. The quantitative estimate of drug-likeness (QED) is 0.897. The Kier molecular flexibility index (Phi) is 4.73. The molecule has 1 aromatic carbocycles. The van der Waals surface area contributed by atoms with E-state index in [4.69, 9.17) is 23.2 Å². The van der Waals surface area contributed by atoms with Gasteiger partial charge in [0, 0.05) is 24.5 Å². The Morgan fingerprint density at radius 1 is 1.27 bits per heavy atom. The van der Waals surface area contributed by atoms with E-state index >= 15 is 0 Å². The molecule has 0 spiro atoms. The second-order valence-electron chi connectivity index (χ2n) is 5.36. The van der Waals surface area contributed by atoms with Crippen molar-refractivity contribution >= 4 is 40.4 Å². The van der Waals surface area contributed by atoms with Gasteiger partial charge in [-0.2, -0.15) is 0 Å². The van der Waals surface area contributed by atoms with Crippen molar-refractivity contribution < 1.29 is 4.79 Å². The normalized spacial score (nSPS) is 17.7. The number of likely N-dealkylation sites (N-methyl/N-ethyl adjacent to an activating group) is 1. The van der Waals surface area contributed by atoms with Gasteiger partial charge in [-0.15, -0.1) is 11.3 Å². The van der Waals surface area contributed by atoms with Gasteiger partial charge in [-0.1, -0.05) is 29.3 Å². The van der Waals surface area contributed by atoms with E-state index < -0.39 is 0 Å². The summed E-state index contributed by atoms with van der Waals surface area (Å²) in [4.78, 5) is 16.2. The first-order valence-corrected chi connectivity index (χ1v) is 8.66. The molecule has 3 rings (SSSR count). The van der Waals surface area contributed by atoms with Crippen LogP contribution in [0.1, 0.15) is 16.1 Å². The minimum atomic E-state index is 0.0741. The van der Waals surface area contributed by atoms with Crippen LogP contribution < -0.4 is 5.32 Å². The van der Waals surface area contributed by atoms with Crippen LogP contribution in [0.25, 0.3) is 10.4 Å². The lowest BCUT2D eigenvalue weighted by Crippen LogP contribution is -2.37. The minimum Gasteiger partial charge on any atom is -0.337 e. The van der Waals surface area contributed by atoms with Crippen LogP contribution in [0.15, 0.2) is 30.3 Å². The van der Waals surface area contributed by atoms with Crippen LogP contribution in [0.3, 0.4) is 0 Å². The Labute approximate surface area is 143 Å². The van der Waals surface area contributed by atoms with Gasteiger partial charge in [0.1, 0.15) is 0 Å². The van der Waals surface area contributed by atoms with E-state index in [2.05, 4.69) is 5.32 Å². The number of halogens is 2. The summed E-state index contributed by atoms with van der Waals surface area (Å²) in [6.45, 7) is 1.84. The van der Waals surface area contributed by atoms with Gasteiger partial charge in [0.05, 0.1) is 14.9 Å². The third-order valence-electron chi connectivity index (χ3n) is 3.92. The van der Waals surface area contributed by atoms with Crippen LogP contribution >= 0.6 is 34.5 Å². The van der Waals surface area contributed by atoms with Crippen molar-refractivity contribution in [3.8, 4) is 10.4 Å². The lowest BCUT2D eigenvalue weighted by atomic mass is 10.2. The monoisotopic (exact) mass is 354 g/mol. The fraction of sp³-hybridized carbons (Fsp3) is 0.312. The van der Waals surface area contributed by atoms with Crippen molar-refractivity contribution in [3.05, 3.63) is 45.3 Å². The number of nitrogens with one attached hydrogen (secondary N) is 1. The van der Waals surface area contributed by atoms with Crippen LogP contribution in [0.5, 0.6) is 0 Å². The second-order valence-corrected chi connectivity index (χ2v) is 7.25.